The van der Waals surface area contributed by atoms with Crippen molar-refractivity contribution < 1.29 is 19.4 Å². The number of carbonyl (C=O) groups excluding carboxylic acids is 1. The third kappa shape index (κ3) is 2.74. The molecule has 0 aliphatic heterocycles. The molecule has 20 heavy (non-hydrogen) atoms. The second-order valence-corrected chi connectivity index (χ2v) is 4.46. The van der Waals surface area contributed by atoms with E-state index in [4.69, 9.17) is 9.84 Å². The van der Waals surface area contributed by atoms with Gasteiger partial charge in [-0.3, -0.25) is 9.59 Å². The van der Waals surface area contributed by atoms with Crippen LogP contribution in [0.25, 0.3) is 10.9 Å². The van der Waals surface area contributed by atoms with Crippen molar-refractivity contribution in [2.24, 2.45) is 0 Å². The van der Waals surface area contributed by atoms with Gasteiger partial charge in [-0.2, -0.15) is 0 Å². The molecule has 6 nitrogen and oxygen atoms in total. The fraction of sp³-hybridized carbons (Fsp3) is 0.286. The van der Waals surface area contributed by atoms with Gasteiger partial charge >= 0.3 is 5.97 Å². The maximum Gasteiger partial charge on any atom is 0.325 e. The molecule has 2 N–H and O–H groups in total. The Morgan fingerprint density at radius 1 is 1.40 bits per heavy atom. The second-order valence-electron chi connectivity index (χ2n) is 4.46. The number of ether oxygens (including phenoxy) is 1. The molecule has 0 aliphatic rings. The predicted molar refractivity (Wildman–Crippen MR) is 73.7 cm³/mol. The Labute approximate surface area is 116 Å². The van der Waals surface area contributed by atoms with Gasteiger partial charge < -0.3 is 19.7 Å². The number of carbonyl (C=O) groups is 2. The summed E-state index contributed by atoms with van der Waals surface area (Å²) in [6, 6.07) is 6.53. The van der Waals surface area contributed by atoms with Gasteiger partial charge in [-0.25, -0.2) is 0 Å². The third-order valence-corrected chi connectivity index (χ3v) is 3.06. The Hall–Kier alpha value is -2.50. The Bertz CT molecular complexity index is 648. The maximum atomic E-state index is 11.8. The fourth-order valence-corrected chi connectivity index (χ4v) is 2.01. The van der Waals surface area contributed by atoms with Crippen LogP contribution in [0.4, 0.5) is 0 Å². The number of aromatic nitrogens is 1. The molecule has 0 bridgehead atoms. The molecule has 1 aromatic carbocycles. The molecule has 0 spiro atoms. The molecule has 1 atom stereocenters. The van der Waals surface area contributed by atoms with Gasteiger partial charge in [-0.15, -0.1) is 0 Å². The van der Waals surface area contributed by atoms with Gasteiger partial charge in [0.15, 0.2) is 0 Å². The van der Waals surface area contributed by atoms with Crippen molar-refractivity contribution in [1.82, 2.24) is 9.88 Å². The molecule has 6 heteroatoms. The Kier molecular flexibility index (Phi) is 3.93. The first-order valence-corrected chi connectivity index (χ1v) is 6.17. The summed E-state index contributed by atoms with van der Waals surface area (Å²) in [5.41, 5.74) is 0.863. The van der Waals surface area contributed by atoms with Crippen LogP contribution in [0.1, 0.15) is 6.92 Å². The molecule has 1 amide bonds. The highest BCUT2D eigenvalue weighted by molar-refractivity contribution is 5.89. The molecular weight excluding hydrogens is 260 g/mol. The van der Waals surface area contributed by atoms with Gasteiger partial charge in [0, 0.05) is 11.6 Å². The van der Waals surface area contributed by atoms with E-state index in [2.05, 4.69) is 5.32 Å². The second kappa shape index (κ2) is 5.64. The minimum atomic E-state index is -1.06. The highest BCUT2D eigenvalue weighted by atomic mass is 16.5. The topological polar surface area (TPSA) is 80.6 Å². The number of carboxylic acid groups (broad SMARTS) is 1. The lowest BCUT2D eigenvalue weighted by Crippen LogP contribution is -2.39. The van der Waals surface area contributed by atoms with Crippen molar-refractivity contribution in [2.75, 3.05) is 7.11 Å². The summed E-state index contributed by atoms with van der Waals surface area (Å²) >= 11 is 0. The van der Waals surface area contributed by atoms with Gasteiger partial charge in [-0.05, 0) is 25.1 Å². The summed E-state index contributed by atoms with van der Waals surface area (Å²) in [4.78, 5) is 22.5. The number of aliphatic carboxylic acids is 1. The Morgan fingerprint density at radius 3 is 2.80 bits per heavy atom. The van der Waals surface area contributed by atoms with Crippen LogP contribution in [0.3, 0.4) is 0 Å². The lowest BCUT2D eigenvalue weighted by Gasteiger charge is -2.10. The quantitative estimate of drug-likeness (QED) is 0.861. The highest BCUT2D eigenvalue weighted by Gasteiger charge is 2.15. The molecular formula is C14H16N2O4. The number of methoxy groups -OCH3 is 1. The predicted octanol–water partition coefficient (Wildman–Crippen LogP) is 1.24. The number of rotatable bonds is 5. The lowest BCUT2D eigenvalue weighted by molar-refractivity contribution is -0.141. The van der Waals surface area contributed by atoms with Crippen LogP contribution >= 0.6 is 0 Å². The summed E-state index contributed by atoms with van der Waals surface area (Å²) in [6.07, 6.45) is 1.78. The van der Waals surface area contributed by atoms with Crippen LogP contribution in [-0.2, 0) is 16.1 Å². The Morgan fingerprint density at radius 2 is 2.15 bits per heavy atom. The minimum Gasteiger partial charge on any atom is -0.496 e. The molecule has 1 heterocycles. The zero-order valence-corrected chi connectivity index (χ0v) is 11.3. The number of nitrogens with zero attached hydrogens (tertiary/aromatic N) is 1. The van der Waals surface area contributed by atoms with Crippen LogP contribution in [0.15, 0.2) is 30.5 Å². The molecule has 2 aromatic rings. The average Bonchev–Trinajstić information content (AvgIpc) is 2.81. The first kappa shape index (κ1) is 13.9. The average molecular weight is 276 g/mol. The normalized spacial score (nSPS) is 12.1. The third-order valence-electron chi connectivity index (χ3n) is 3.06. The molecule has 0 aliphatic carbocycles. The van der Waals surface area contributed by atoms with Crippen molar-refractivity contribution in [2.45, 2.75) is 19.5 Å². The number of amides is 1. The zero-order valence-electron chi connectivity index (χ0n) is 11.3. The number of benzene rings is 1. The van der Waals surface area contributed by atoms with E-state index in [0.29, 0.717) is 0 Å². The van der Waals surface area contributed by atoms with Crippen LogP contribution in [0, 0.1) is 0 Å². The molecule has 0 saturated carbocycles. The molecule has 0 unspecified atom stereocenters. The van der Waals surface area contributed by atoms with E-state index in [9.17, 15) is 9.59 Å². The summed E-state index contributed by atoms with van der Waals surface area (Å²) in [5.74, 6) is -0.668. The van der Waals surface area contributed by atoms with E-state index >= 15 is 0 Å². The molecule has 2 rings (SSSR count). The van der Waals surface area contributed by atoms with E-state index in [1.165, 1.54) is 6.92 Å². The molecule has 0 saturated heterocycles. The van der Waals surface area contributed by atoms with E-state index in [-0.39, 0.29) is 12.5 Å². The summed E-state index contributed by atoms with van der Waals surface area (Å²) in [6.45, 7) is 1.49. The smallest absolute Gasteiger partial charge is 0.325 e. The number of fused-ring (bicyclic) bond motifs is 1. The van der Waals surface area contributed by atoms with Crippen molar-refractivity contribution in [1.29, 1.82) is 0 Å². The lowest BCUT2D eigenvalue weighted by atomic mass is 10.2. The minimum absolute atomic E-state index is 0.0638. The Balaban J connectivity index is 2.18. The summed E-state index contributed by atoms with van der Waals surface area (Å²) in [5, 5.41) is 12.1. The van der Waals surface area contributed by atoms with Crippen molar-refractivity contribution in [3.63, 3.8) is 0 Å². The van der Waals surface area contributed by atoms with Crippen molar-refractivity contribution >= 4 is 22.8 Å². The van der Waals surface area contributed by atoms with Gasteiger partial charge in [-0.1, -0.05) is 6.07 Å². The van der Waals surface area contributed by atoms with E-state index in [1.54, 1.807) is 17.9 Å². The zero-order chi connectivity index (χ0) is 14.7. The van der Waals surface area contributed by atoms with Crippen LogP contribution in [-0.4, -0.2) is 34.7 Å². The van der Waals surface area contributed by atoms with E-state index < -0.39 is 12.0 Å². The van der Waals surface area contributed by atoms with Crippen molar-refractivity contribution in [3.05, 3.63) is 30.5 Å². The molecule has 1 aromatic heterocycles. The fourth-order valence-electron chi connectivity index (χ4n) is 2.01. The van der Waals surface area contributed by atoms with Gasteiger partial charge in [0.1, 0.15) is 18.3 Å². The highest BCUT2D eigenvalue weighted by Crippen LogP contribution is 2.26. The number of hydrogen-bond donors (Lipinski definition) is 2. The summed E-state index contributed by atoms with van der Waals surface area (Å²) < 4.78 is 7.00. The molecule has 0 radical (unpaired) electrons. The molecule has 0 fully saturated rings. The monoisotopic (exact) mass is 276 g/mol. The van der Waals surface area contributed by atoms with Gasteiger partial charge in [0.25, 0.3) is 0 Å². The van der Waals surface area contributed by atoms with Crippen molar-refractivity contribution in [3.8, 4) is 5.75 Å². The largest absolute Gasteiger partial charge is 0.496 e. The van der Waals surface area contributed by atoms with Gasteiger partial charge in [0.2, 0.25) is 5.91 Å². The van der Waals surface area contributed by atoms with E-state index in [0.717, 1.165) is 16.7 Å². The number of carboxylic acids is 1. The number of hydrogen-bond acceptors (Lipinski definition) is 3. The number of nitrogens with one attached hydrogen (secondary N) is 1. The molecule has 106 valence electrons. The first-order chi connectivity index (χ1) is 9.52. The van der Waals surface area contributed by atoms with Crippen LogP contribution in [0.2, 0.25) is 0 Å². The first-order valence-electron chi connectivity index (χ1n) is 6.17. The van der Waals surface area contributed by atoms with Gasteiger partial charge in [0.05, 0.1) is 12.6 Å². The van der Waals surface area contributed by atoms with E-state index in [1.807, 2.05) is 24.3 Å². The van der Waals surface area contributed by atoms with Crippen LogP contribution < -0.4 is 10.1 Å². The maximum absolute atomic E-state index is 11.8. The van der Waals surface area contributed by atoms with Crippen LogP contribution in [0.5, 0.6) is 5.75 Å². The SMILES string of the molecule is COc1cccc2c1ccn2CC(=O)N[C@@H](C)C(=O)O. The summed E-state index contributed by atoms with van der Waals surface area (Å²) in [7, 11) is 1.59. The standard InChI is InChI=1S/C14H16N2O4/c1-9(14(18)19)15-13(17)8-16-7-6-10-11(16)4-3-5-12(10)20-2/h3-7,9H,8H2,1-2H3,(H,15,17)(H,18,19)/t9-/m0/s1.